The fourth-order valence-electron chi connectivity index (χ4n) is 2.52. The summed E-state index contributed by atoms with van der Waals surface area (Å²) < 4.78 is 51.5. The van der Waals surface area contributed by atoms with Crippen LogP contribution in [0.5, 0.6) is 0 Å². The molecule has 122 valence electrons. The Morgan fingerprint density at radius 2 is 2.14 bits per heavy atom. The zero-order valence-electron chi connectivity index (χ0n) is 12.2. The van der Waals surface area contributed by atoms with Crippen LogP contribution in [0.3, 0.4) is 0 Å². The number of rotatable bonds is 4. The Bertz CT molecular complexity index is 664. The number of hydrogen-bond donors (Lipinski definition) is 1. The van der Waals surface area contributed by atoms with Crippen LogP contribution in [0, 0.1) is 17.6 Å². The Morgan fingerprint density at radius 3 is 2.82 bits per heavy atom. The first-order valence-electron chi connectivity index (χ1n) is 6.95. The van der Waals surface area contributed by atoms with E-state index in [1.165, 1.54) is 4.90 Å². The van der Waals surface area contributed by atoms with Gasteiger partial charge in [0.15, 0.2) is 0 Å². The Balaban J connectivity index is 2.05. The van der Waals surface area contributed by atoms with Gasteiger partial charge in [0.25, 0.3) is 5.91 Å². The van der Waals surface area contributed by atoms with Gasteiger partial charge in [-0.3, -0.25) is 4.79 Å². The summed E-state index contributed by atoms with van der Waals surface area (Å²) in [4.78, 5) is 13.7. The fraction of sp³-hybridized carbons (Fsp3) is 0.500. The molecule has 1 atom stereocenters. The van der Waals surface area contributed by atoms with Crippen molar-refractivity contribution in [3.8, 4) is 0 Å². The molecule has 22 heavy (non-hydrogen) atoms. The molecule has 8 heteroatoms. The lowest BCUT2D eigenvalue weighted by Gasteiger charge is -2.32. The Labute approximate surface area is 128 Å². The smallest absolute Gasteiger partial charge is 0.256 e. The van der Waals surface area contributed by atoms with Crippen molar-refractivity contribution in [2.45, 2.75) is 12.8 Å². The van der Waals surface area contributed by atoms with Gasteiger partial charge in [0.2, 0.25) is 10.0 Å². The number of halogens is 2. The third-order valence-electron chi connectivity index (χ3n) is 3.60. The monoisotopic (exact) mass is 332 g/mol. The van der Waals surface area contributed by atoms with E-state index in [9.17, 15) is 22.0 Å². The molecule has 2 rings (SSSR count). The first-order chi connectivity index (χ1) is 10.3. The van der Waals surface area contributed by atoms with Gasteiger partial charge in [-0.2, -0.15) is 0 Å². The summed E-state index contributed by atoms with van der Waals surface area (Å²) in [5, 5.41) is 0. The van der Waals surface area contributed by atoms with E-state index in [0.29, 0.717) is 19.5 Å². The van der Waals surface area contributed by atoms with Gasteiger partial charge in [-0.15, -0.1) is 0 Å². The lowest BCUT2D eigenvalue weighted by Crippen LogP contribution is -2.43. The molecule has 1 aliphatic rings. The van der Waals surface area contributed by atoms with E-state index in [2.05, 4.69) is 4.72 Å². The fourth-order valence-corrected chi connectivity index (χ4v) is 3.06. The van der Waals surface area contributed by atoms with Crippen molar-refractivity contribution in [3.05, 3.63) is 35.4 Å². The second-order valence-corrected chi connectivity index (χ2v) is 7.34. The molecule has 1 fully saturated rings. The maximum Gasteiger partial charge on any atom is 0.256 e. The number of carbonyl (C=O) groups excluding carboxylic acids is 1. The molecule has 5 nitrogen and oxygen atoms in total. The zero-order chi connectivity index (χ0) is 16.3. The standard InChI is InChI=1S/C14H18F2N2O3S/c1-22(20,21)17-8-10-3-2-6-18(9-10)14(19)12-7-11(15)4-5-13(12)16/h4-5,7,10,17H,2-3,6,8-9H2,1H3. The SMILES string of the molecule is CS(=O)(=O)NCC1CCCN(C(=O)c2cc(F)ccc2F)C1. The molecule has 0 radical (unpaired) electrons. The van der Waals surface area contributed by atoms with Crippen molar-refractivity contribution in [2.75, 3.05) is 25.9 Å². The number of benzene rings is 1. The maximum absolute atomic E-state index is 13.7. The summed E-state index contributed by atoms with van der Waals surface area (Å²) in [5.41, 5.74) is -0.295. The topological polar surface area (TPSA) is 66.5 Å². The van der Waals surface area contributed by atoms with Gasteiger partial charge >= 0.3 is 0 Å². The number of amides is 1. The highest BCUT2D eigenvalue weighted by molar-refractivity contribution is 7.88. The molecule has 1 amide bonds. The largest absolute Gasteiger partial charge is 0.338 e. The average Bonchev–Trinajstić information content (AvgIpc) is 2.46. The van der Waals surface area contributed by atoms with E-state index >= 15 is 0 Å². The first-order valence-corrected chi connectivity index (χ1v) is 8.84. The van der Waals surface area contributed by atoms with Gasteiger partial charge in [-0.25, -0.2) is 21.9 Å². The van der Waals surface area contributed by atoms with E-state index in [-0.39, 0.29) is 18.0 Å². The minimum atomic E-state index is -3.29. The van der Waals surface area contributed by atoms with Crippen LogP contribution in [0.4, 0.5) is 8.78 Å². The van der Waals surface area contributed by atoms with E-state index in [0.717, 1.165) is 30.9 Å². The molecule has 1 heterocycles. The molecule has 0 bridgehead atoms. The van der Waals surface area contributed by atoms with E-state index < -0.39 is 27.6 Å². The van der Waals surface area contributed by atoms with E-state index in [4.69, 9.17) is 0 Å². The molecular weight excluding hydrogens is 314 g/mol. The molecular formula is C14H18F2N2O3S. The van der Waals surface area contributed by atoms with E-state index in [1.807, 2.05) is 0 Å². The zero-order valence-corrected chi connectivity index (χ0v) is 13.0. The van der Waals surface area contributed by atoms with Gasteiger partial charge in [0.05, 0.1) is 11.8 Å². The lowest BCUT2D eigenvalue weighted by molar-refractivity contribution is 0.0671. The van der Waals surface area contributed by atoms with Crippen LogP contribution in [0.1, 0.15) is 23.2 Å². The van der Waals surface area contributed by atoms with Crippen LogP contribution in [-0.2, 0) is 10.0 Å². The van der Waals surface area contributed by atoms with Gasteiger partial charge in [0.1, 0.15) is 11.6 Å². The number of piperidine rings is 1. The van der Waals surface area contributed by atoms with Crippen molar-refractivity contribution < 1.29 is 22.0 Å². The molecule has 1 aromatic rings. The number of likely N-dealkylation sites (tertiary alicyclic amines) is 1. The molecule has 1 N–H and O–H groups in total. The number of hydrogen-bond acceptors (Lipinski definition) is 3. The third-order valence-corrected chi connectivity index (χ3v) is 4.29. The molecule has 0 saturated carbocycles. The summed E-state index contributed by atoms with van der Waals surface area (Å²) in [6, 6.07) is 2.77. The molecule has 0 spiro atoms. The Hall–Kier alpha value is -1.54. The minimum absolute atomic E-state index is 0.0379. The highest BCUT2D eigenvalue weighted by atomic mass is 32.2. The molecule has 1 aliphatic heterocycles. The first kappa shape index (κ1) is 16.8. The lowest BCUT2D eigenvalue weighted by atomic mass is 9.97. The predicted molar refractivity (Wildman–Crippen MR) is 77.8 cm³/mol. The van der Waals surface area contributed by atoms with Crippen molar-refractivity contribution in [1.29, 1.82) is 0 Å². The average molecular weight is 332 g/mol. The molecule has 1 aromatic carbocycles. The van der Waals surface area contributed by atoms with Crippen LogP contribution in [0.25, 0.3) is 0 Å². The number of nitrogens with zero attached hydrogens (tertiary/aromatic N) is 1. The summed E-state index contributed by atoms with van der Waals surface area (Å²) in [7, 11) is -3.29. The third kappa shape index (κ3) is 4.48. The second-order valence-electron chi connectivity index (χ2n) is 5.50. The molecule has 1 saturated heterocycles. The van der Waals surface area contributed by atoms with Crippen molar-refractivity contribution in [2.24, 2.45) is 5.92 Å². The Kier molecular flexibility index (Phi) is 5.12. The molecule has 0 aromatic heterocycles. The Morgan fingerprint density at radius 1 is 1.41 bits per heavy atom. The summed E-state index contributed by atoms with van der Waals surface area (Å²) in [5.74, 6) is -2.04. The van der Waals surface area contributed by atoms with Crippen LogP contribution in [-0.4, -0.2) is 45.1 Å². The number of nitrogens with one attached hydrogen (secondary N) is 1. The predicted octanol–water partition coefficient (Wildman–Crippen LogP) is 1.37. The normalized spacial score (nSPS) is 19.2. The van der Waals surface area contributed by atoms with Crippen LogP contribution in [0.15, 0.2) is 18.2 Å². The number of sulfonamides is 1. The minimum Gasteiger partial charge on any atom is -0.338 e. The van der Waals surface area contributed by atoms with Crippen molar-refractivity contribution in [3.63, 3.8) is 0 Å². The van der Waals surface area contributed by atoms with E-state index in [1.54, 1.807) is 0 Å². The molecule has 0 aliphatic carbocycles. The highest BCUT2D eigenvalue weighted by Gasteiger charge is 2.26. The van der Waals surface area contributed by atoms with Gasteiger partial charge in [0, 0.05) is 19.6 Å². The van der Waals surface area contributed by atoms with Gasteiger partial charge in [-0.05, 0) is 37.0 Å². The van der Waals surface area contributed by atoms with Gasteiger partial charge in [-0.1, -0.05) is 0 Å². The summed E-state index contributed by atoms with van der Waals surface area (Å²) in [6.07, 6.45) is 2.54. The maximum atomic E-state index is 13.7. The second kappa shape index (κ2) is 6.70. The van der Waals surface area contributed by atoms with Crippen molar-refractivity contribution >= 4 is 15.9 Å². The quantitative estimate of drug-likeness (QED) is 0.905. The molecule has 1 unspecified atom stereocenters. The van der Waals surface area contributed by atoms with Crippen molar-refractivity contribution in [1.82, 2.24) is 9.62 Å². The summed E-state index contributed by atoms with van der Waals surface area (Å²) >= 11 is 0. The highest BCUT2D eigenvalue weighted by Crippen LogP contribution is 2.20. The van der Waals surface area contributed by atoms with Gasteiger partial charge < -0.3 is 4.90 Å². The number of carbonyl (C=O) groups is 1. The van der Waals surface area contributed by atoms with Crippen LogP contribution >= 0.6 is 0 Å². The van der Waals surface area contributed by atoms with Crippen LogP contribution in [0.2, 0.25) is 0 Å². The summed E-state index contributed by atoms with van der Waals surface area (Å²) in [6.45, 7) is 0.996. The van der Waals surface area contributed by atoms with Crippen LogP contribution < -0.4 is 4.72 Å².